The molecular weight excluding hydrogens is 827 g/mol. The molecule has 0 saturated carbocycles. The molecule has 0 aliphatic carbocycles. The van der Waals surface area contributed by atoms with Crippen LogP contribution in [0.5, 0.6) is 0 Å². The molecule has 0 spiro atoms. The van der Waals surface area contributed by atoms with Crippen molar-refractivity contribution in [3.63, 3.8) is 0 Å². The van der Waals surface area contributed by atoms with Gasteiger partial charge in [-0.15, -0.1) is 0 Å². The molecule has 0 fully saturated rings. The zero-order chi connectivity index (χ0) is 48.6. The van der Waals surface area contributed by atoms with Gasteiger partial charge in [0, 0.05) is 12.8 Å². The summed E-state index contributed by atoms with van der Waals surface area (Å²) in [5, 5.41) is 23.2. The summed E-state index contributed by atoms with van der Waals surface area (Å²) in [7, 11) is 0. The minimum atomic E-state index is -0.659. The molecule has 398 valence electrons. The second-order valence-corrected chi connectivity index (χ2v) is 21.0. The molecule has 0 heterocycles. The topological polar surface area (TPSA) is 95.9 Å². The van der Waals surface area contributed by atoms with E-state index in [1.54, 1.807) is 0 Å². The molecular formula is C61H119NO5. The molecule has 6 heteroatoms. The average molecular weight is 947 g/mol. The Bertz CT molecular complexity index is 1000. The van der Waals surface area contributed by atoms with E-state index in [1.165, 1.54) is 263 Å². The maximum absolute atomic E-state index is 12.4. The Labute approximate surface area is 419 Å². The van der Waals surface area contributed by atoms with Crippen molar-refractivity contribution in [1.29, 1.82) is 0 Å². The van der Waals surface area contributed by atoms with Crippen LogP contribution >= 0.6 is 0 Å². The third-order valence-corrected chi connectivity index (χ3v) is 14.3. The minimum Gasteiger partial charge on any atom is -0.466 e. The lowest BCUT2D eigenvalue weighted by molar-refractivity contribution is -0.143. The van der Waals surface area contributed by atoms with Crippen LogP contribution in [-0.2, 0) is 14.3 Å². The van der Waals surface area contributed by atoms with E-state index in [4.69, 9.17) is 4.74 Å². The number of aliphatic hydroxyl groups is 2. The van der Waals surface area contributed by atoms with E-state index >= 15 is 0 Å². The molecule has 0 rings (SSSR count). The maximum atomic E-state index is 12.4. The van der Waals surface area contributed by atoms with Gasteiger partial charge in [0.1, 0.15) is 0 Å². The molecule has 0 saturated heterocycles. The van der Waals surface area contributed by atoms with Crippen LogP contribution in [0.1, 0.15) is 341 Å². The molecule has 67 heavy (non-hydrogen) atoms. The van der Waals surface area contributed by atoms with E-state index in [0.717, 1.165) is 44.9 Å². The zero-order valence-electron chi connectivity index (χ0n) is 45.4. The van der Waals surface area contributed by atoms with Crippen LogP contribution in [0.4, 0.5) is 0 Å². The summed E-state index contributed by atoms with van der Waals surface area (Å²) in [5.74, 6) is -0.0231. The summed E-state index contributed by atoms with van der Waals surface area (Å²) < 4.78 is 5.47. The predicted molar refractivity (Wildman–Crippen MR) is 292 cm³/mol. The van der Waals surface area contributed by atoms with Crippen molar-refractivity contribution < 1.29 is 24.5 Å². The molecule has 0 radical (unpaired) electrons. The summed E-state index contributed by atoms with van der Waals surface area (Å²) >= 11 is 0. The molecule has 6 nitrogen and oxygen atoms in total. The summed E-state index contributed by atoms with van der Waals surface area (Å²) in [6.45, 7) is 4.93. The van der Waals surface area contributed by atoms with Crippen molar-refractivity contribution >= 4 is 11.9 Å². The fraction of sp³-hybridized carbons (Fsp3) is 0.934. The first kappa shape index (κ1) is 65.6. The Hall–Kier alpha value is -1.40. The molecule has 0 bridgehead atoms. The van der Waals surface area contributed by atoms with Gasteiger partial charge in [0.2, 0.25) is 5.91 Å². The number of amides is 1. The SMILES string of the molecule is CCCCC/C=C\CCCCCCCC(=O)OCCCCCCCCCCCCCCCCCCCCCCCCCCCCCCC(=O)NC(CO)C(O)CCCCCCCCCCCC. The largest absolute Gasteiger partial charge is 0.466 e. The van der Waals surface area contributed by atoms with Crippen molar-refractivity contribution in [2.24, 2.45) is 0 Å². The minimum absolute atomic E-state index is 0.00894. The van der Waals surface area contributed by atoms with Crippen LogP contribution in [0.3, 0.4) is 0 Å². The van der Waals surface area contributed by atoms with E-state index in [2.05, 4.69) is 31.3 Å². The Morgan fingerprint density at radius 1 is 0.403 bits per heavy atom. The molecule has 1 amide bonds. The lowest BCUT2D eigenvalue weighted by Crippen LogP contribution is -2.45. The Morgan fingerprint density at radius 2 is 0.701 bits per heavy atom. The number of carbonyl (C=O) groups is 2. The number of rotatable bonds is 57. The third-order valence-electron chi connectivity index (χ3n) is 14.3. The molecule has 0 aliphatic heterocycles. The number of unbranched alkanes of at least 4 members (excludes halogenated alkanes) is 44. The highest BCUT2D eigenvalue weighted by molar-refractivity contribution is 5.76. The smallest absolute Gasteiger partial charge is 0.305 e. The first-order chi connectivity index (χ1) is 33.0. The monoisotopic (exact) mass is 946 g/mol. The highest BCUT2D eigenvalue weighted by Crippen LogP contribution is 2.18. The second-order valence-electron chi connectivity index (χ2n) is 21.0. The van der Waals surface area contributed by atoms with Crippen LogP contribution in [0.15, 0.2) is 12.2 Å². The molecule has 0 aromatic carbocycles. The number of allylic oxidation sites excluding steroid dienone is 2. The number of ether oxygens (including phenoxy) is 1. The lowest BCUT2D eigenvalue weighted by Gasteiger charge is -2.22. The first-order valence-corrected chi connectivity index (χ1v) is 30.4. The molecule has 0 aromatic heterocycles. The molecule has 2 atom stereocenters. The van der Waals surface area contributed by atoms with Crippen molar-refractivity contribution in [3.05, 3.63) is 12.2 Å². The van der Waals surface area contributed by atoms with E-state index in [1.807, 2.05) is 0 Å². The van der Waals surface area contributed by atoms with Gasteiger partial charge in [-0.3, -0.25) is 9.59 Å². The van der Waals surface area contributed by atoms with Gasteiger partial charge in [0.05, 0.1) is 25.4 Å². The van der Waals surface area contributed by atoms with Gasteiger partial charge >= 0.3 is 5.97 Å². The average Bonchev–Trinajstić information content (AvgIpc) is 3.33. The van der Waals surface area contributed by atoms with Crippen LogP contribution in [0, 0.1) is 0 Å². The predicted octanol–water partition coefficient (Wildman–Crippen LogP) is 18.9. The van der Waals surface area contributed by atoms with Crippen molar-refractivity contribution in [2.45, 2.75) is 353 Å². The van der Waals surface area contributed by atoms with Gasteiger partial charge in [0.15, 0.2) is 0 Å². The Balaban J connectivity index is 3.31. The van der Waals surface area contributed by atoms with Crippen molar-refractivity contribution in [2.75, 3.05) is 13.2 Å². The molecule has 2 unspecified atom stereocenters. The lowest BCUT2D eigenvalue weighted by atomic mass is 10.0. The van der Waals surface area contributed by atoms with Gasteiger partial charge in [-0.2, -0.15) is 0 Å². The maximum Gasteiger partial charge on any atom is 0.305 e. The fourth-order valence-corrected chi connectivity index (χ4v) is 9.64. The van der Waals surface area contributed by atoms with Gasteiger partial charge in [0.25, 0.3) is 0 Å². The summed E-state index contributed by atoms with van der Waals surface area (Å²) in [6, 6.07) is -0.536. The van der Waals surface area contributed by atoms with E-state index in [-0.39, 0.29) is 18.5 Å². The van der Waals surface area contributed by atoms with Gasteiger partial charge in [-0.25, -0.2) is 0 Å². The number of carbonyl (C=O) groups excluding carboxylic acids is 2. The van der Waals surface area contributed by atoms with Gasteiger partial charge in [-0.05, 0) is 51.4 Å². The van der Waals surface area contributed by atoms with Crippen LogP contribution in [-0.4, -0.2) is 47.4 Å². The van der Waals surface area contributed by atoms with Crippen LogP contribution in [0.2, 0.25) is 0 Å². The Kier molecular flexibility index (Phi) is 56.0. The molecule has 0 aromatic rings. The van der Waals surface area contributed by atoms with E-state index in [9.17, 15) is 19.8 Å². The van der Waals surface area contributed by atoms with E-state index < -0.39 is 12.1 Å². The Morgan fingerprint density at radius 3 is 1.09 bits per heavy atom. The summed E-state index contributed by atoms with van der Waals surface area (Å²) in [5.41, 5.74) is 0. The van der Waals surface area contributed by atoms with Crippen molar-refractivity contribution in [1.82, 2.24) is 5.32 Å². The van der Waals surface area contributed by atoms with Crippen LogP contribution in [0.25, 0.3) is 0 Å². The zero-order valence-corrected chi connectivity index (χ0v) is 45.4. The highest BCUT2D eigenvalue weighted by Gasteiger charge is 2.20. The third kappa shape index (κ3) is 53.8. The van der Waals surface area contributed by atoms with Gasteiger partial charge in [-0.1, -0.05) is 289 Å². The van der Waals surface area contributed by atoms with Crippen molar-refractivity contribution in [3.8, 4) is 0 Å². The number of hydrogen-bond donors (Lipinski definition) is 3. The standard InChI is InChI=1S/C61H119NO5/c1-3-5-7-9-11-13-15-35-39-43-47-51-55-61(66)67-56-52-48-44-40-36-33-31-29-27-25-23-21-19-17-16-18-20-22-24-26-28-30-32-34-38-42-46-50-54-60(65)62-58(57-63)59(64)53-49-45-41-37-14-12-10-8-6-4-2/h11,13,58-59,63-64H,3-10,12,14-57H2,1-2H3,(H,62,65)/b13-11-. The van der Waals surface area contributed by atoms with E-state index in [0.29, 0.717) is 25.9 Å². The first-order valence-electron chi connectivity index (χ1n) is 30.4. The number of hydrogen-bond acceptors (Lipinski definition) is 5. The fourth-order valence-electron chi connectivity index (χ4n) is 9.64. The molecule has 0 aliphatic rings. The van der Waals surface area contributed by atoms with Gasteiger partial charge < -0.3 is 20.3 Å². The number of esters is 1. The second kappa shape index (κ2) is 57.2. The normalized spacial score (nSPS) is 12.6. The quantitative estimate of drug-likeness (QED) is 0.0321. The van der Waals surface area contributed by atoms with Crippen LogP contribution < -0.4 is 5.32 Å². The number of nitrogens with one attached hydrogen (secondary N) is 1. The summed E-state index contributed by atoms with van der Waals surface area (Å²) in [4.78, 5) is 24.4. The summed E-state index contributed by atoms with van der Waals surface area (Å²) in [6.07, 6.45) is 68.1. The number of aliphatic hydroxyl groups excluding tert-OH is 2. The highest BCUT2D eigenvalue weighted by atomic mass is 16.5. The molecule has 3 N–H and O–H groups in total.